The van der Waals surface area contributed by atoms with Crippen LogP contribution in [0.5, 0.6) is 0 Å². The van der Waals surface area contributed by atoms with Gasteiger partial charge in [-0.2, -0.15) is 4.31 Å². The zero-order chi connectivity index (χ0) is 21.1. The number of fused-ring (bicyclic) bond motifs is 1. The lowest BCUT2D eigenvalue weighted by Crippen LogP contribution is -2.40. The maximum atomic E-state index is 12.8. The molecule has 2 heterocycles. The number of carbonyl (C=O) groups excluding carboxylic acids is 1. The summed E-state index contributed by atoms with van der Waals surface area (Å²) >= 11 is 0. The molecule has 0 aliphatic carbocycles. The number of anilines is 1. The predicted molar refractivity (Wildman–Crippen MR) is 117 cm³/mol. The first kappa shape index (κ1) is 20.8. The fraction of sp³-hybridized carbons (Fsp3) is 0.348. The first-order chi connectivity index (χ1) is 14.4. The fourth-order valence-corrected chi connectivity index (χ4v) is 5.36. The van der Waals surface area contributed by atoms with Crippen molar-refractivity contribution in [1.82, 2.24) is 4.31 Å². The number of hydrogen-bond donors (Lipinski definition) is 0. The van der Waals surface area contributed by atoms with Crippen molar-refractivity contribution in [2.75, 3.05) is 37.7 Å². The van der Waals surface area contributed by atoms with E-state index in [0.717, 1.165) is 17.7 Å². The van der Waals surface area contributed by atoms with Crippen LogP contribution in [0.2, 0.25) is 0 Å². The molecule has 0 aromatic heterocycles. The van der Waals surface area contributed by atoms with Gasteiger partial charge in [-0.1, -0.05) is 37.3 Å². The molecule has 2 aromatic carbocycles. The van der Waals surface area contributed by atoms with Gasteiger partial charge >= 0.3 is 0 Å². The van der Waals surface area contributed by atoms with Crippen LogP contribution in [0, 0.1) is 5.92 Å². The third kappa shape index (κ3) is 4.33. The zero-order valence-electron chi connectivity index (χ0n) is 17.0. The highest BCUT2D eigenvalue weighted by Crippen LogP contribution is 2.29. The Morgan fingerprint density at radius 2 is 1.77 bits per heavy atom. The van der Waals surface area contributed by atoms with E-state index in [1.807, 2.05) is 23.1 Å². The topological polar surface area (TPSA) is 66.9 Å². The van der Waals surface area contributed by atoms with Gasteiger partial charge < -0.3 is 9.64 Å². The summed E-state index contributed by atoms with van der Waals surface area (Å²) in [7, 11) is -3.51. The van der Waals surface area contributed by atoms with Crippen LogP contribution in [0.15, 0.2) is 59.5 Å². The molecule has 0 saturated carbocycles. The highest BCUT2D eigenvalue weighted by atomic mass is 32.2. The summed E-state index contributed by atoms with van der Waals surface area (Å²) in [6.45, 7) is 4.41. The van der Waals surface area contributed by atoms with E-state index < -0.39 is 10.0 Å². The van der Waals surface area contributed by atoms with Gasteiger partial charge in [0.15, 0.2) is 0 Å². The number of sulfonamides is 1. The van der Waals surface area contributed by atoms with Crippen LogP contribution in [-0.4, -0.2) is 51.5 Å². The molecule has 0 radical (unpaired) electrons. The number of ether oxygens (including phenoxy) is 1. The number of carbonyl (C=O) groups is 1. The van der Waals surface area contributed by atoms with Gasteiger partial charge in [-0.15, -0.1) is 0 Å². The molecule has 1 fully saturated rings. The lowest BCUT2D eigenvalue weighted by molar-refractivity contribution is -0.114. The van der Waals surface area contributed by atoms with Crippen molar-refractivity contribution in [3.8, 4) is 0 Å². The van der Waals surface area contributed by atoms with Crippen LogP contribution in [0.1, 0.15) is 18.1 Å². The second-order valence-electron chi connectivity index (χ2n) is 7.81. The predicted octanol–water partition coefficient (Wildman–Crippen LogP) is 2.95. The average Bonchev–Trinajstić information content (AvgIpc) is 2.77. The van der Waals surface area contributed by atoms with Crippen LogP contribution < -0.4 is 4.90 Å². The quantitative estimate of drug-likeness (QED) is 0.705. The van der Waals surface area contributed by atoms with Crippen LogP contribution in [-0.2, 0) is 26.0 Å². The lowest BCUT2D eigenvalue weighted by Gasteiger charge is -2.32. The molecule has 6 nitrogen and oxygen atoms in total. The van der Waals surface area contributed by atoms with E-state index in [4.69, 9.17) is 4.74 Å². The van der Waals surface area contributed by atoms with Crippen LogP contribution in [0.4, 0.5) is 5.69 Å². The van der Waals surface area contributed by atoms with Gasteiger partial charge in [0.05, 0.1) is 18.1 Å². The fourth-order valence-electron chi connectivity index (χ4n) is 3.95. The number of morpholine rings is 1. The van der Waals surface area contributed by atoms with Crippen molar-refractivity contribution in [3.05, 3.63) is 65.7 Å². The first-order valence-electron chi connectivity index (χ1n) is 10.2. The monoisotopic (exact) mass is 426 g/mol. The molecule has 0 spiro atoms. The Morgan fingerprint density at radius 3 is 2.50 bits per heavy atom. The summed E-state index contributed by atoms with van der Waals surface area (Å²) in [6.07, 6.45) is 4.26. The summed E-state index contributed by atoms with van der Waals surface area (Å²) in [6, 6.07) is 14.6. The molecule has 0 N–H and O–H groups in total. The highest BCUT2D eigenvalue weighted by molar-refractivity contribution is 7.89. The second-order valence-corrected chi connectivity index (χ2v) is 9.74. The smallest absolute Gasteiger partial charge is 0.251 e. The molecule has 7 heteroatoms. The van der Waals surface area contributed by atoms with Gasteiger partial charge in [0.25, 0.3) is 5.91 Å². The Morgan fingerprint density at radius 1 is 1.07 bits per heavy atom. The van der Waals surface area contributed by atoms with Crippen molar-refractivity contribution < 1.29 is 17.9 Å². The summed E-state index contributed by atoms with van der Waals surface area (Å²) in [5.74, 6) is 0.334. The maximum absolute atomic E-state index is 12.8. The third-order valence-corrected chi connectivity index (χ3v) is 7.43. The number of rotatable bonds is 4. The molecular weight excluding hydrogens is 400 g/mol. The molecule has 1 atom stereocenters. The van der Waals surface area contributed by atoms with Crippen LogP contribution >= 0.6 is 0 Å². The standard InChI is InChI=1S/C23H26N2O4S/c1-18-16-20-4-2-3-5-22(20)25(17-18)23(26)11-8-19-6-9-21(10-7-19)30(27,28)24-12-14-29-15-13-24/h2-11,18H,12-17H2,1H3. The Bertz CT molecular complexity index is 1040. The Hall–Kier alpha value is -2.48. The number of amides is 1. The molecule has 30 heavy (non-hydrogen) atoms. The molecule has 2 aromatic rings. The molecule has 1 amide bonds. The minimum atomic E-state index is -3.51. The minimum absolute atomic E-state index is 0.0704. The number of para-hydroxylation sites is 1. The number of benzene rings is 2. The SMILES string of the molecule is CC1Cc2ccccc2N(C(=O)C=Cc2ccc(S(=O)(=O)N3CCOCC3)cc2)C1. The third-order valence-electron chi connectivity index (χ3n) is 5.52. The van der Waals surface area contributed by atoms with Crippen LogP contribution in [0.3, 0.4) is 0 Å². The van der Waals surface area contributed by atoms with Gasteiger partial charge in [0.1, 0.15) is 0 Å². The van der Waals surface area contributed by atoms with E-state index in [0.29, 0.717) is 38.8 Å². The normalized spacial score (nSPS) is 20.3. The molecule has 0 bridgehead atoms. The van der Waals surface area contributed by atoms with Crippen molar-refractivity contribution in [2.24, 2.45) is 5.92 Å². The Labute approximate surface area is 177 Å². The van der Waals surface area contributed by atoms with Crippen LogP contribution in [0.25, 0.3) is 6.08 Å². The van der Waals surface area contributed by atoms with E-state index in [9.17, 15) is 13.2 Å². The second kappa shape index (κ2) is 8.71. The summed E-state index contributed by atoms with van der Waals surface area (Å²) in [5.41, 5.74) is 2.94. The zero-order valence-corrected chi connectivity index (χ0v) is 17.8. The van der Waals surface area contributed by atoms with E-state index in [1.54, 1.807) is 36.4 Å². The van der Waals surface area contributed by atoms with Gasteiger partial charge in [0, 0.05) is 31.4 Å². The summed E-state index contributed by atoms with van der Waals surface area (Å²) in [5, 5.41) is 0. The van der Waals surface area contributed by atoms with Gasteiger partial charge in [-0.3, -0.25) is 4.79 Å². The molecular formula is C23H26N2O4S. The van der Waals surface area contributed by atoms with E-state index in [1.165, 1.54) is 9.87 Å². The first-order valence-corrected chi connectivity index (χ1v) is 11.6. The largest absolute Gasteiger partial charge is 0.379 e. The lowest BCUT2D eigenvalue weighted by atomic mass is 9.94. The van der Waals surface area contributed by atoms with E-state index in [2.05, 4.69) is 13.0 Å². The number of hydrogen-bond acceptors (Lipinski definition) is 4. The van der Waals surface area contributed by atoms with Gasteiger partial charge in [-0.25, -0.2) is 8.42 Å². The highest BCUT2D eigenvalue weighted by Gasteiger charge is 2.26. The van der Waals surface area contributed by atoms with Gasteiger partial charge in [-0.05, 0) is 47.7 Å². The maximum Gasteiger partial charge on any atom is 0.251 e. The van der Waals surface area contributed by atoms with E-state index in [-0.39, 0.29) is 10.8 Å². The minimum Gasteiger partial charge on any atom is -0.379 e. The van der Waals surface area contributed by atoms with Gasteiger partial charge in [0.2, 0.25) is 10.0 Å². The summed E-state index contributed by atoms with van der Waals surface area (Å²) in [4.78, 5) is 14.9. The summed E-state index contributed by atoms with van der Waals surface area (Å²) < 4.78 is 32.1. The average molecular weight is 427 g/mol. The Balaban J connectivity index is 1.48. The Kier molecular flexibility index (Phi) is 6.04. The molecule has 2 aliphatic rings. The molecule has 158 valence electrons. The molecule has 4 rings (SSSR count). The molecule has 1 saturated heterocycles. The molecule has 1 unspecified atom stereocenters. The van der Waals surface area contributed by atoms with Crippen molar-refractivity contribution in [1.29, 1.82) is 0 Å². The van der Waals surface area contributed by atoms with Crippen molar-refractivity contribution in [3.63, 3.8) is 0 Å². The van der Waals surface area contributed by atoms with E-state index >= 15 is 0 Å². The number of nitrogens with zero attached hydrogens (tertiary/aromatic N) is 2. The van der Waals surface area contributed by atoms with Crippen molar-refractivity contribution in [2.45, 2.75) is 18.2 Å². The van der Waals surface area contributed by atoms with Crippen molar-refractivity contribution >= 4 is 27.7 Å². The molecule has 2 aliphatic heterocycles.